The number of nitrogens with zero attached hydrogens (tertiary/aromatic N) is 2. The SMILES string of the molecule is O=C(NCCN1CCN(c2ccccc2)CC1)C(NS(=O)(=O)c1ccc(Br)s1)c1ccccc1. The summed E-state index contributed by atoms with van der Waals surface area (Å²) in [4.78, 5) is 17.7. The fourth-order valence-electron chi connectivity index (χ4n) is 3.88. The van der Waals surface area contributed by atoms with Crippen molar-refractivity contribution in [3.05, 3.63) is 82.1 Å². The molecule has 0 saturated carbocycles. The second kappa shape index (κ2) is 11.5. The van der Waals surface area contributed by atoms with Crippen molar-refractivity contribution in [2.75, 3.05) is 44.2 Å². The average Bonchev–Trinajstić information content (AvgIpc) is 3.31. The summed E-state index contributed by atoms with van der Waals surface area (Å²) in [7, 11) is -3.85. The van der Waals surface area contributed by atoms with Crippen molar-refractivity contribution in [2.45, 2.75) is 10.3 Å². The number of thiophene rings is 1. The number of amides is 1. The Morgan fingerprint density at radius 2 is 1.59 bits per heavy atom. The van der Waals surface area contributed by atoms with Crippen LogP contribution in [0.25, 0.3) is 0 Å². The van der Waals surface area contributed by atoms with Crippen LogP contribution in [0.2, 0.25) is 0 Å². The minimum absolute atomic E-state index is 0.157. The minimum Gasteiger partial charge on any atom is -0.369 e. The van der Waals surface area contributed by atoms with Gasteiger partial charge in [-0.3, -0.25) is 9.69 Å². The van der Waals surface area contributed by atoms with Gasteiger partial charge < -0.3 is 10.2 Å². The highest BCUT2D eigenvalue weighted by atomic mass is 79.9. The zero-order valence-electron chi connectivity index (χ0n) is 18.6. The lowest BCUT2D eigenvalue weighted by Crippen LogP contribution is -2.49. The molecule has 1 aliphatic rings. The second-order valence-corrected chi connectivity index (χ2v) is 12.4. The molecule has 1 fully saturated rings. The van der Waals surface area contributed by atoms with E-state index in [0.717, 1.165) is 37.5 Å². The Bertz CT molecular complexity index is 1180. The maximum absolute atomic E-state index is 13.1. The van der Waals surface area contributed by atoms with Crippen LogP contribution in [0.5, 0.6) is 0 Å². The van der Waals surface area contributed by atoms with Gasteiger partial charge in [-0.1, -0.05) is 48.5 Å². The average molecular weight is 564 g/mol. The molecule has 4 rings (SSSR count). The Hall–Kier alpha value is -2.24. The highest BCUT2D eigenvalue weighted by Gasteiger charge is 2.28. The van der Waals surface area contributed by atoms with E-state index in [-0.39, 0.29) is 10.1 Å². The normalized spacial score (nSPS) is 15.7. The zero-order valence-corrected chi connectivity index (χ0v) is 21.8. The van der Waals surface area contributed by atoms with Gasteiger partial charge in [0.1, 0.15) is 10.3 Å². The van der Waals surface area contributed by atoms with Gasteiger partial charge in [0, 0.05) is 45.0 Å². The van der Waals surface area contributed by atoms with E-state index >= 15 is 0 Å². The number of nitrogens with one attached hydrogen (secondary N) is 2. The number of carbonyl (C=O) groups is 1. The molecule has 180 valence electrons. The number of hydrogen-bond donors (Lipinski definition) is 2. The van der Waals surface area contributed by atoms with Crippen LogP contribution in [0, 0.1) is 0 Å². The summed E-state index contributed by atoms with van der Waals surface area (Å²) in [6.07, 6.45) is 0. The van der Waals surface area contributed by atoms with Crippen molar-refractivity contribution in [1.29, 1.82) is 0 Å². The maximum atomic E-state index is 13.1. The van der Waals surface area contributed by atoms with E-state index in [0.29, 0.717) is 22.4 Å². The summed E-state index contributed by atoms with van der Waals surface area (Å²) in [6, 6.07) is 21.4. The Morgan fingerprint density at radius 1 is 0.941 bits per heavy atom. The molecule has 10 heteroatoms. The monoisotopic (exact) mass is 562 g/mol. The van der Waals surface area contributed by atoms with E-state index in [1.165, 1.54) is 11.8 Å². The number of piperazine rings is 1. The van der Waals surface area contributed by atoms with Crippen LogP contribution >= 0.6 is 27.3 Å². The summed E-state index contributed by atoms with van der Waals surface area (Å²) in [5, 5.41) is 2.92. The number of halogens is 1. The summed E-state index contributed by atoms with van der Waals surface area (Å²) in [5.74, 6) is -0.367. The first-order valence-electron chi connectivity index (χ1n) is 11.0. The summed E-state index contributed by atoms with van der Waals surface area (Å²) < 4.78 is 29.2. The number of rotatable bonds is 9. The lowest BCUT2D eigenvalue weighted by atomic mass is 10.1. The topological polar surface area (TPSA) is 81.8 Å². The molecule has 2 heterocycles. The number of carbonyl (C=O) groups excluding carboxylic acids is 1. The number of para-hydroxylation sites is 1. The standard InChI is InChI=1S/C24H27BrN4O3S2/c25-21-11-12-22(33-21)34(31,32)27-23(19-7-3-1-4-8-19)24(30)26-13-14-28-15-17-29(18-16-28)20-9-5-2-6-10-20/h1-12,23,27H,13-18H2,(H,26,30). The Morgan fingerprint density at radius 3 is 2.21 bits per heavy atom. The van der Waals surface area contributed by atoms with E-state index < -0.39 is 16.1 Å². The Kier molecular flexibility index (Phi) is 8.38. The maximum Gasteiger partial charge on any atom is 0.251 e. The molecule has 1 aromatic heterocycles. The van der Waals surface area contributed by atoms with Gasteiger partial charge in [-0.05, 0) is 45.8 Å². The number of hydrogen-bond acceptors (Lipinski definition) is 6. The molecule has 1 amide bonds. The first-order valence-corrected chi connectivity index (χ1v) is 14.1. The zero-order chi connectivity index (χ0) is 24.0. The number of benzene rings is 2. The number of anilines is 1. The Balaban J connectivity index is 1.33. The van der Waals surface area contributed by atoms with Gasteiger partial charge >= 0.3 is 0 Å². The molecule has 2 N–H and O–H groups in total. The van der Waals surface area contributed by atoms with Gasteiger partial charge in [-0.2, -0.15) is 4.72 Å². The molecule has 7 nitrogen and oxygen atoms in total. The van der Waals surface area contributed by atoms with Crippen LogP contribution in [0.4, 0.5) is 5.69 Å². The van der Waals surface area contributed by atoms with E-state index in [1.54, 1.807) is 30.3 Å². The van der Waals surface area contributed by atoms with Crippen molar-refractivity contribution < 1.29 is 13.2 Å². The third-order valence-electron chi connectivity index (χ3n) is 5.70. The van der Waals surface area contributed by atoms with Gasteiger partial charge in [-0.15, -0.1) is 11.3 Å². The molecule has 1 unspecified atom stereocenters. The van der Waals surface area contributed by atoms with Gasteiger partial charge in [0.05, 0.1) is 3.79 Å². The third kappa shape index (κ3) is 6.45. The molecule has 0 spiro atoms. The summed E-state index contributed by atoms with van der Waals surface area (Å²) in [5.41, 5.74) is 1.82. The molecular formula is C24H27BrN4O3S2. The smallest absolute Gasteiger partial charge is 0.251 e. The van der Waals surface area contributed by atoms with Crippen molar-refractivity contribution in [1.82, 2.24) is 14.9 Å². The predicted molar refractivity (Wildman–Crippen MR) is 140 cm³/mol. The Labute approximate surface area is 213 Å². The molecule has 1 aliphatic heterocycles. The summed E-state index contributed by atoms with van der Waals surface area (Å²) >= 11 is 4.40. The lowest BCUT2D eigenvalue weighted by molar-refractivity contribution is -0.122. The highest BCUT2D eigenvalue weighted by Crippen LogP contribution is 2.27. The van der Waals surface area contributed by atoms with Crippen molar-refractivity contribution in [3.8, 4) is 0 Å². The molecule has 1 atom stereocenters. The van der Waals surface area contributed by atoms with Crippen LogP contribution in [0.1, 0.15) is 11.6 Å². The van der Waals surface area contributed by atoms with Crippen molar-refractivity contribution in [2.24, 2.45) is 0 Å². The van der Waals surface area contributed by atoms with Crippen LogP contribution in [0.3, 0.4) is 0 Å². The first-order chi connectivity index (χ1) is 16.4. The fourth-order valence-corrected chi connectivity index (χ4v) is 7.09. The third-order valence-corrected chi connectivity index (χ3v) is 9.24. The van der Waals surface area contributed by atoms with Crippen molar-refractivity contribution >= 4 is 48.9 Å². The molecule has 0 bridgehead atoms. The fraction of sp³-hybridized carbons (Fsp3) is 0.292. The van der Waals surface area contributed by atoms with Crippen LogP contribution in [-0.4, -0.2) is 58.5 Å². The van der Waals surface area contributed by atoms with Gasteiger partial charge in [0.25, 0.3) is 10.0 Å². The van der Waals surface area contributed by atoms with Crippen LogP contribution in [0.15, 0.2) is 80.8 Å². The summed E-state index contributed by atoms with van der Waals surface area (Å²) in [6.45, 7) is 4.83. The molecule has 2 aromatic carbocycles. The molecule has 34 heavy (non-hydrogen) atoms. The van der Waals surface area contributed by atoms with Crippen LogP contribution < -0.4 is 14.9 Å². The molecule has 0 aliphatic carbocycles. The van der Waals surface area contributed by atoms with E-state index in [4.69, 9.17) is 0 Å². The largest absolute Gasteiger partial charge is 0.369 e. The first kappa shape index (κ1) is 24.9. The van der Waals surface area contributed by atoms with Crippen molar-refractivity contribution in [3.63, 3.8) is 0 Å². The van der Waals surface area contributed by atoms with Gasteiger partial charge in [0.15, 0.2) is 0 Å². The minimum atomic E-state index is -3.85. The predicted octanol–water partition coefficient (Wildman–Crippen LogP) is 3.47. The van der Waals surface area contributed by atoms with E-state index in [1.807, 2.05) is 24.3 Å². The molecule has 1 saturated heterocycles. The molecule has 3 aromatic rings. The van der Waals surface area contributed by atoms with Gasteiger partial charge in [-0.25, -0.2) is 8.42 Å². The van der Waals surface area contributed by atoms with Gasteiger partial charge in [0.2, 0.25) is 5.91 Å². The second-order valence-electron chi connectivity index (χ2n) is 7.98. The lowest BCUT2D eigenvalue weighted by Gasteiger charge is -2.36. The highest BCUT2D eigenvalue weighted by molar-refractivity contribution is 9.11. The molecule has 0 radical (unpaired) electrons. The van der Waals surface area contributed by atoms with Crippen LogP contribution in [-0.2, 0) is 14.8 Å². The number of sulfonamides is 1. The van der Waals surface area contributed by atoms with E-state index in [2.05, 4.69) is 47.9 Å². The van der Waals surface area contributed by atoms with E-state index in [9.17, 15) is 13.2 Å². The quantitative estimate of drug-likeness (QED) is 0.417. The molecular weight excluding hydrogens is 536 g/mol.